The lowest BCUT2D eigenvalue weighted by Gasteiger charge is -2.09. The lowest BCUT2D eigenvalue weighted by atomic mass is 9.98. The molecule has 0 unspecified atom stereocenters. The van der Waals surface area contributed by atoms with E-state index in [0.29, 0.717) is 25.3 Å². The van der Waals surface area contributed by atoms with Gasteiger partial charge in [0.05, 0.1) is 6.54 Å². The van der Waals surface area contributed by atoms with Gasteiger partial charge in [-0.1, -0.05) is 61.5 Å². The zero-order valence-corrected chi connectivity index (χ0v) is 16.8. The second kappa shape index (κ2) is 8.69. The van der Waals surface area contributed by atoms with Gasteiger partial charge in [-0.25, -0.2) is 14.6 Å². The molecule has 0 amide bonds. The first kappa shape index (κ1) is 19.5. The molecule has 8 nitrogen and oxygen atoms in total. The van der Waals surface area contributed by atoms with Crippen LogP contribution in [0.25, 0.3) is 22.5 Å². The normalized spacial score (nSPS) is 11.0. The molecule has 30 heavy (non-hydrogen) atoms. The summed E-state index contributed by atoms with van der Waals surface area (Å²) in [7, 11) is 0. The number of H-pyrrole nitrogens is 1. The molecule has 0 spiro atoms. The summed E-state index contributed by atoms with van der Waals surface area (Å²) in [6, 6.07) is 16.1. The summed E-state index contributed by atoms with van der Waals surface area (Å²) in [6.45, 7) is 6.76. The van der Waals surface area contributed by atoms with E-state index in [1.807, 2.05) is 43.3 Å². The Labute approximate surface area is 173 Å². The summed E-state index contributed by atoms with van der Waals surface area (Å²) in [6.07, 6.45) is 3.21. The number of nitrogens with one attached hydrogen (secondary N) is 1. The van der Waals surface area contributed by atoms with Gasteiger partial charge in [0.1, 0.15) is 5.82 Å². The van der Waals surface area contributed by atoms with E-state index in [9.17, 15) is 4.79 Å². The van der Waals surface area contributed by atoms with Gasteiger partial charge >= 0.3 is 5.69 Å². The third-order valence-corrected chi connectivity index (χ3v) is 4.99. The number of benzene rings is 2. The fourth-order valence-electron chi connectivity index (χ4n) is 3.45. The van der Waals surface area contributed by atoms with Crippen molar-refractivity contribution in [2.75, 3.05) is 0 Å². The molecule has 8 heteroatoms. The van der Waals surface area contributed by atoms with Crippen LogP contribution in [0.5, 0.6) is 0 Å². The fourth-order valence-corrected chi connectivity index (χ4v) is 3.45. The fraction of sp³-hybridized carbons (Fsp3) is 0.227. The molecule has 0 bridgehead atoms. The molecule has 0 saturated heterocycles. The third-order valence-electron chi connectivity index (χ3n) is 4.99. The van der Waals surface area contributed by atoms with Crippen molar-refractivity contribution >= 4 is 0 Å². The number of aromatic nitrogens is 7. The number of nitrogens with zero attached hydrogens (tertiary/aromatic N) is 6. The van der Waals surface area contributed by atoms with Crippen LogP contribution in [-0.2, 0) is 19.5 Å². The summed E-state index contributed by atoms with van der Waals surface area (Å²) in [5.41, 5.74) is 3.98. The highest BCUT2D eigenvalue weighted by Gasteiger charge is 2.13. The van der Waals surface area contributed by atoms with E-state index in [1.54, 1.807) is 10.6 Å². The van der Waals surface area contributed by atoms with Gasteiger partial charge in [-0.05, 0) is 33.5 Å². The van der Waals surface area contributed by atoms with Crippen LogP contribution in [0, 0.1) is 0 Å². The average Bonchev–Trinajstić information content (AvgIpc) is 3.42. The standard InChI is InChI=1S/C22H23N7O/c1-3-5-14-29-22(30)28(20(4-2)25-29)15-16-10-12-17(13-11-16)18-8-6-7-9-19(18)21-23-26-27-24-21/h3,6-13H,1,4-5,14-15H2,2H3,(H,23,24,26,27). The Bertz CT molecular complexity index is 1190. The summed E-state index contributed by atoms with van der Waals surface area (Å²) in [5.74, 6) is 1.41. The molecule has 0 aliphatic carbocycles. The maximum Gasteiger partial charge on any atom is 0.346 e. The van der Waals surface area contributed by atoms with Crippen LogP contribution in [0.3, 0.4) is 0 Å². The predicted octanol–water partition coefficient (Wildman–Crippen LogP) is 3.08. The number of allylic oxidation sites excluding steroid dienone is 1. The number of aryl methyl sites for hydroxylation is 2. The maximum atomic E-state index is 12.7. The molecule has 4 rings (SSSR count). The van der Waals surface area contributed by atoms with Crippen molar-refractivity contribution < 1.29 is 0 Å². The minimum atomic E-state index is -0.0825. The lowest BCUT2D eigenvalue weighted by molar-refractivity contribution is 0.587. The third kappa shape index (κ3) is 3.84. The zero-order valence-electron chi connectivity index (χ0n) is 16.8. The number of hydrogen-bond acceptors (Lipinski definition) is 5. The van der Waals surface area contributed by atoms with Crippen LogP contribution in [0.2, 0.25) is 0 Å². The summed E-state index contributed by atoms with van der Waals surface area (Å²) < 4.78 is 3.27. The average molecular weight is 401 g/mol. The number of hydrogen-bond donors (Lipinski definition) is 1. The van der Waals surface area contributed by atoms with Gasteiger partial charge in [-0.3, -0.25) is 4.57 Å². The van der Waals surface area contributed by atoms with Gasteiger partial charge in [0, 0.05) is 18.5 Å². The van der Waals surface area contributed by atoms with E-state index in [-0.39, 0.29) is 5.69 Å². The molecule has 0 atom stereocenters. The van der Waals surface area contributed by atoms with Crippen LogP contribution in [-0.4, -0.2) is 35.0 Å². The molecule has 0 fully saturated rings. The minimum Gasteiger partial charge on any atom is -0.274 e. The Hall–Kier alpha value is -3.81. The zero-order chi connectivity index (χ0) is 20.9. The molecule has 0 aliphatic heterocycles. The molecule has 152 valence electrons. The predicted molar refractivity (Wildman–Crippen MR) is 115 cm³/mol. The minimum absolute atomic E-state index is 0.0825. The van der Waals surface area contributed by atoms with Crippen molar-refractivity contribution in [1.29, 1.82) is 0 Å². The van der Waals surface area contributed by atoms with Crippen molar-refractivity contribution in [1.82, 2.24) is 35.0 Å². The quantitative estimate of drug-likeness (QED) is 0.458. The van der Waals surface area contributed by atoms with Crippen molar-refractivity contribution in [2.24, 2.45) is 0 Å². The second-order valence-corrected chi connectivity index (χ2v) is 6.93. The lowest BCUT2D eigenvalue weighted by Crippen LogP contribution is -2.26. The molecule has 1 N–H and O–H groups in total. The van der Waals surface area contributed by atoms with Gasteiger partial charge in [-0.15, -0.1) is 11.7 Å². The van der Waals surface area contributed by atoms with Crippen molar-refractivity contribution in [3.8, 4) is 22.5 Å². The van der Waals surface area contributed by atoms with Gasteiger partial charge in [0.2, 0.25) is 0 Å². The first-order valence-corrected chi connectivity index (χ1v) is 9.91. The van der Waals surface area contributed by atoms with Gasteiger partial charge in [0.15, 0.2) is 5.82 Å². The van der Waals surface area contributed by atoms with Gasteiger partial charge in [-0.2, -0.15) is 5.10 Å². The molecule has 2 aromatic carbocycles. The SMILES string of the molecule is C=CCCn1nc(CC)n(Cc2ccc(-c3ccccc3-c3nnn[nH]3)cc2)c1=O. The smallest absolute Gasteiger partial charge is 0.274 e. The molecular formula is C22H23N7O. The first-order valence-electron chi connectivity index (χ1n) is 9.91. The summed E-state index contributed by atoms with van der Waals surface area (Å²) >= 11 is 0. The highest BCUT2D eigenvalue weighted by molar-refractivity contribution is 5.80. The van der Waals surface area contributed by atoms with Crippen LogP contribution >= 0.6 is 0 Å². The van der Waals surface area contributed by atoms with Crippen LogP contribution in [0.1, 0.15) is 24.7 Å². The van der Waals surface area contributed by atoms with Crippen molar-refractivity contribution in [3.63, 3.8) is 0 Å². The topological polar surface area (TPSA) is 94.3 Å². The maximum absolute atomic E-state index is 12.7. The molecular weight excluding hydrogens is 378 g/mol. The van der Waals surface area contributed by atoms with Crippen molar-refractivity contribution in [2.45, 2.75) is 32.9 Å². The Morgan fingerprint density at radius 3 is 2.53 bits per heavy atom. The highest BCUT2D eigenvalue weighted by atomic mass is 16.2. The Balaban J connectivity index is 1.61. The van der Waals surface area contributed by atoms with Crippen LogP contribution < -0.4 is 5.69 Å². The van der Waals surface area contributed by atoms with Gasteiger partial charge < -0.3 is 0 Å². The van der Waals surface area contributed by atoms with E-state index in [1.165, 1.54) is 4.68 Å². The Morgan fingerprint density at radius 2 is 1.87 bits per heavy atom. The monoisotopic (exact) mass is 401 g/mol. The highest BCUT2D eigenvalue weighted by Crippen LogP contribution is 2.29. The number of tetrazole rings is 1. The number of rotatable bonds is 8. The molecule has 4 aromatic rings. The van der Waals surface area contributed by atoms with E-state index in [0.717, 1.165) is 34.5 Å². The van der Waals surface area contributed by atoms with E-state index >= 15 is 0 Å². The van der Waals surface area contributed by atoms with Crippen molar-refractivity contribution in [3.05, 3.63) is 83.1 Å². The summed E-state index contributed by atoms with van der Waals surface area (Å²) in [4.78, 5) is 12.7. The molecule has 2 heterocycles. The largest absolute Gasteiger partial charge is 0.346 e. The first-order chi connectivity index (χ1) is 14.7. The summed E-state index contributed by atoms with van der Waals surface area (Å²) in [5, 5.41) is 18.7. The number of aromatic amines is 1. The Kier molecular flexibility index (Phi) is 5.65. The second-order valence-electron chi connectivity index (χ2n) is 6.93. The van der Waals surface area contributed by atoms with E-state index < -0.39 is 0 Å². The molecule has 2 aromatic heterocycles. The molecule has 0 aliphatic rings. The van der Waals surface area contributed by atoms with E-state index in [2.05, 4.69) is 44.4 Å². The Morgan fingerprint density at radius 1 is 1.10 bits per heavy atom. The molecule has 0 saturated carbocycles. The van der Waals surface area contributed by atoms with Crippen LogP contribution in [0.4, 0.5) is 0 Å². The van der Waals surface area contributed by atoms with Gasteiger partial charge in [0.25, 0.3) is 0 Å². The van der Waals surface area contributed by atoms with Crippen LogP contribution in [0.15, 0.2) is 66.0 Å². The molecule has 0 radical (unpaired) electrons. The van der Waals surface area contributed by atoms with E-state index in [4.69, 9.17) is 0 Å².